The van der Waals surface area contributed by atoms with Gasteiger partial charge >= 0.3 is 5.97 Å². The smallest absolute Gasteiger partial charge is 0.307 e. The van der Waals surface area contributed by atoms with Crippen molar-refractivity contribution in [2.75, 3.05) is 21.3 Å². The fourth-order valence-corrected chi connectivity index (χ4v) is 2.34. The number of nitrogens with zero attached hydrogens (tertiary/aromatic N) is 1. The zero-order valence-corrected chi connectivity index (χ0v) is 12.3. The summed E-state index contributed by atoms with van der Waals surface area (Å²) in [5, 5.41) is 8.88. The molecule has 1 aromatic rings. The number of ether oxygens (including phenoxy) is 2. The van der Waals surface area contributed by atoms with E-state index < -0.39 is 17.8 Å². The highest BCUT2D eigenvalue weighted by Gasteiger charge is 2.49. The Morgan fingerprint density at radius 3 is 2.52 bits per heavy atom. The predicted molar refractivity (Wildman–Crippen MR) is 75.3 cm³/mol. The number of carbonyl (C=O) groups excluding carboxylic acids is 1. The zero-order chi connectivity index (χ0) is 15.6. The highest BCUT2D eigenvalue weighted by Crippen LogP contribution is 2.40. The van der Waals surface area contributed by atoms with Gasteiger partial charge in [0.1, 0.15) is 11.5 Å². The predicted octanol–water partition coefficient (Wildman–Crippen LogP) is 1.38. The number of aliphatic carboxylic acids is 1. The van der Waals surface area contributed by atoms with Gasteiger partial charge in [-0.05, 0) is 18.6 Å². The van der Waals surface area contributed by atoms with Crippen LogP contribution in [-0.4, -0.2) is 43.2 Å². The number of hydrogen-bond donors (Lipinski definition) is 1. The van der Waals surface area contributed by atoms with Crippen molar-refractivity contribution in [3.63, 3.8) is 0 Å². The minimum atomic E-state index is -0.899. The van der Waals surface area contributed by atoms with E-state index in [2.05, 4.69) is 0 Å². The molecule has 0 spiro atoms. The summed E-state index contributed by atoms with van der Waals surface area (Å²) in [6.07, 6.45) is 0.429. The van der Waals surface area contributed by atoms with Gasteiger partial charge in [0.15, 0.2) is 0 Å². The number of hydrogen-bond acceptors (Lipinski definition) is 4. The van der Waals surface area contributed by atoms with E-state index in [4.69, 9.17) is 14.6 Å². The van der Waals surface area contributed by atoms with Crippen molar-refractivity contribution in [3.8, 4) is 11.5 Å². The van der Waals surface area contributed by atoms with E-state index in [0.29, 0.717) is 24.5 Å². The Hall–Kier alpha value is -2.24. The number of carboxylic acid groups (broad SMARTS) is 1. The van der Waals surface area contributed by atoms with Crippen LogP contribution in [-0.2, 0) is 16.1 Å². The van der Waals surface area contributed by atoms with Crippen LogP contribution in [0.25, 0.3) is 0 Å². The number of carbonyl (C=O) groups is 2. The third-order valence-corrected chi connectivity index (χ3v) is 3.70. The minimum absolute atomic E-state index is 0.139. The van der Waals surface area contributed by atoms with Crippen LogP contribution in [0.2, 0.25) is 0 Å². The molecule has 0 aliphatic heterocycles. The first-order valence-corrected chi connectivity index (χ1v) is 6.66. The molecule has 0 saturated heterocycles. The molecule has 0 aromatic heterocycles. The summed E-state index contributed by atoms with van der Waals surface area (Å²) in [4.78, 5) is 24.5. The average molecular weight is 293 g/mol. The van der Waals surface area contributed by atoms with Crippen LogP contribution < -0.4 is 9.47 Å². The molecule has 1 saturated carbocycles. The Labute approximate surface area is 123 Å². The van der Waals surface area contributed by atoms with Gasteiger partial charge in [-0.1, -0.05) is 0 Å². The van der Waals surface area contributed by atoms with Crippen LogP contribution in [0.4, 0.5) is 0 Å². The van der Waals surface area contributed by atoms with Crippen LogP contribution in [0.3, 0.4) is 0 Å². The molecule has 1 fully saturated rings. The first-order chi connectivity index (χ1) is 9.97. The Balaban J connectivity index is 2.04. The maximum Gasteiger partial charge on any atom is 0.307 e. The quantitative estimate of drug-likeness (QED) is 0.857. The fourth-order valence-electron chi connectivity index (χ4n) is 2.34. The number of amides is 1. The van der Waals surface area contributed by atoms with E-state index in [9.17, 15) is 9.59 Å². The van der Waals surface area contributed by atoms with Crippen LogP contribution in [0.5, 0.6) is 11.5 Å². The number of carboxylic acids is 1. The SMILES string of the molecule is COc1ccc(CN(C)C(=O)C2CC2C(=O)O)c(OC)c1. The summed E-state index contributed by atoms with van der Waals surface area (Å²) in [5.41, 5.74) is 0.849. The van der Waals surface area contributed by atoms with E-state index in [0.717, 1.165) is 5.56 Å². The molecule has 2 rings (SSSR count). The van der Waals surface area contributed by atoms with Crippen LogP contribution in [0, 0.1) is 11.8 Å². The summed E-state index contributed by atoms with van der Waals surface area (Å²) in [7, 11) is 4.80. The van der Waals surface area contributed by atoms with Gasteiger partial charge in [0.25, 0.3) is 0 Å². The maximum atomic E-state index is 12.1. The average Bonchev–Trinajstić information content (AvgIpc) is 3.27. The molecule has 1 aliphatic carbocycles. The fraction of sp³-hybridized carbons (Fsp3) is 0.467. The van der Waals surface area contributed by atoms with Gasteiger partial charge in [-0.3, -0.25) is 9.59 Å². The standard InChI is InChI=1S/C15H19NO5/c1-16(14(17)11-7-12(11)15(18)19)8-9-4-5-10(20-2)6-13(9)21-3/h4-6,11-12H,7-8H2,1-3H3,(H,18,19). The van der Waals surface area contributed by atoms with E-state index in [1.165, 1.54) is 4.90 Å². The van der Waals surface area contributed by atoms with Crippen molar-refractivity contribution in [1.29, 1.82) is 0 Å². The summed E-state index contributed by atoms with van der Waals surface area (Å²) in [6, 6.07) is 5.39. The van der Waals surface area contributed by atoms with Gasteiger partial charge in [0.2, 0.25) is 5.91 Å². The van der Waals surface area contributed by atoms with Gasteiger partial charge in [-0.15, -0.1) is 0 Å². The summed E-state index contributed by atoms with van der Waals surface area (Å²) < 4.78 is 10.4. The molecule has 2 atom stereocenters. The lowest BCUT2D eigenvalue weighted by Gasteiger charge is -2.19. The molecule has 1 aliphatic rings. The van der Waals surface area contributed by atoms with Crippen molar-refractivity contribution >= 4 is 11.9 Å². The Morgan fingerprint density at radius 2 is 2.00 bits per heavy atom. The number of rotatable bonds is 6. The highest BCUT2D eigenvalue weighted by molar-refractivity contribution is 5.89. The van der Waals surface area contributed by atoms with Crippen molar-refractivity contribution in [2.24, 2.45) is 11.8 Å². The second kappa shape index (κ2) is 6.03. The molecule has 1 amide bonds. The lowest BCUT2D eigenvalue weighted by atomic mass is 10.1. The number of methoxy groups -OCH3 is 2. The second-order valence-corrected chi connectivity index (χ2v) is 5.16. The van der Waals surface area contributed by atoms with Crippen LogP contribution in [0.1, 0.15) is 12.0 Å². The lowest BCUT2D eigenvalue weighted by molar-refractivity contribution is -0.141. The molecule has 1 N–H and O–H groups in total. The molecule has 0 heterocycles. The topological polar surface area (TPSA) is 76.1 Å². The Morgan fingerprint density at radius 1 is 1.29 bits per heavy atom. The molecular weight excluding hydrogens is 274 g/mol. The number of benzene rings is 1. The van der Waals surface area contributed by atoms with Crippen molar-refractivity contribution in [3.05, 3.63) is 23.8 Å². The molecule has 114 valence electrons. The lowest BCUT2D eigenvalue weighted by Crippen LogP contribution is -2.29. The Bertz CT molecular complexity index is 557. The van der Waals surface area contributed by atoms with Crippen molar-refractivity contribution in [2.45, 2.75) is 13.0 Å². The molecule has 1 aromatic carbocycles. The first kappa shape index (κ1) is 15.2. The molecular formula is C15H19NO5. The van der Waals surface area contributed by atoms with Crippen molar-refractivity contribution < 1.29 is 24.2 Å². The zero-order valence-electron chi connectivity index (χ0n) is 12.3. The van der Waals surface area contributed by atoms with Crippen LogP contribution in [0.15, 0.2) is 18.2 Å². The molecule has 6 heteroatoms. The van der Waals surface area contributed by atoms with E-state index in [-0.39, 0.29) is 5.91 Å². The normalized spacial score (nSPS) is 19.8. The first-order valence-electron chi connectivity index (χ1n) is 6.66. The summed E-state index contributed by atoms with van der Waals surface area (Å²) >= 11 is 0. The molecule has 0 radical (unpaired) electrons. The minimum Gasteiger partial charge on any atom is -0.497 e. The highest BCUT2D eigenvalue weighted by atomic mass is 16.5. The van der Waals surface area contributed by atoms with E-state index in [1.807, 2.05) is 6.07 Å². The third kappa shape index (κ3) is 3.26. The Kier molecular flexibility index (Phi) is 4.35. The van der Waals surface area contributed by atoms with E-state index in [1.54, 1.807) is 33.4 Å². The van der Waals surface area contributed by atoms with Crippen molar-refractivity contribution in [1.82, 2.24) is 4.90 Å². The molecule has 2 unspecified atom stereocenters. The van der Waals surface area contributed by atoms with Gasteiger partial charge in [-0.2, -0.15) is 0 Å². The maximum absolute atomic E-state index is 12.1. The van der Waals surface area contributed by atoms with Gasteiger partial charge in [0, 0.05) is 25.2 Å². The molecule has 0 bridgehead atoms. The summed E-state index contributed by atoms with van der Waals surface area (Å²) in [6.45, 7) is 0.370. The third-order valence-electron chi connectivity index (χ3n) is 3.70. The monoisotopic (exact) mass is 293 g/mol. The summed E-state index contributed by atoms with van der Waals surface area (Å²) in [5.74, 6) is -0.643. The second-order valence-electron chi connectivity index (χ2n) is 5.16. The van der Waals surface area contributed by atoms with Gasteiger partial charge < -0.3 is 19.5 Å². The largest absolute Gasteiger partial charge is 0.497 e. The van der Waals surface area contributed by atoms with E-state index >= 15 is 0 Å². The van der Waals surface area contributed by atoms with Crippen LogP contribution >= 0.6 is 0 Å². The van der Waals surface area contributed by atoms with Gasteiger partial charge in [0.05, 0.1) is 26.1 Å². The van der Waals surface area contributed by atoms with Gasteiger partial charge in [-0.25, -0.2) is 0 Å². The molecule has 6 nitrogen and oxygen atoms in total. The molecule has 21 heavy (non-hydrogen) atoms.